The number of aliphatic carboxylic acids is 1. The maximum absolute atomic E-state index is 10.5. The van der Waals surface area contributed by atoms with E-state index in [1.165, 1.54) is 30.0 Å². The van der Waals surface area contributed by atoms with Crippen LogP contribution in [0.3, 0.4) is 0 Å². The number of aryl methyl sites for hydroxylation is 1. The number of hydrogen-bond acceptors (Lipinski definition) is 4. The van der Waals surface area contributed by atoms with Crippen molar-refractivity contribution in [3.63, 3.8) is 0 Å². The number of carboxylic acids is 1. The Morgan fingerprint density at radius 3 is 3.12 bits per heavy atom. The molecule has 5 heteroatoms. The molecular weight excluding hydrogens is 242 g/mol. The van der Waals surface area contributed by atoms with Gasteiger partial charge in [0.1, 0.15) is 5.01 Å². The third kappa shape index (κ3) is 3.22. The van der Waals surface area contributed by atoms with Crippen molar-refractivity contribution in [2.24, 2.45) is 0 Å². The molecule has 1 saturated heterocycles. The van der Waals surface area contributed by atoms with Crippen LogP contribution in [0, 0.1) is 0 Å². The standard InChI is InChI=1S/C11H15NO2S2/c13-10(14)5-4-8-7-12-11(16-8)9-3-1-2-6-15-9/h7,9H,1-6H2,(H,13,14). The number of thiazole rings is 1. The van der Waals surface area contributed by atoms with Crippen molar-refractivity contribution in [3.8, 4) is 0 Å². The van der Waals surface area contributed by atoms with Crippen LogP contribution in [0.15, 0.2) is 6.20 Å². The third-order valence-corrected chi connectivity index (χ3v) is 5.32. The molecule has 3 nitrogen and oxygen atoms in total. The van der Waals surface area contributed by atoms with Crippen LogP contribution in [0.2, 0.25) is 0 Å². The van der Waals surface area contributed by atoms with Gasteiger partial charge in [-0.1, -0.05) is 6.42 Å². The Morgan fingerprint density at radius 2 is 2.44 bits per heavy atom. The number of carbonyl (C=O) groups is 1. The highest BCUT2D eigenvalue weighted by atomic mass is 32.2. The first-order valence-corrected chi connectivity index (χ1v) is 7.40. The van der Waals surface area contributed by atoms with Gasteiger partial charge in [0.2, 0.25) is 0 Å². The van der Waals surface area contributed by atoms with Crippen LogP contribution in [-0.2, 0) is 11.2 Å². The lowest BCUT2D eigenvalue weighted by atomic mass is 10.2. The highest BCUT2D eigenvalue weighted by Gasteiger charge is 2.19. The molecule has 1 aliphatic rings. The van der Waals surface area contributed by atoms with E-state index >= 15 is 0 Å². The summed E-state index contributed by atoms with van der Waals surface area (Å²) in [6, 6.07) is 0. The quantitative estimate of drug-likeness (QED) is 0.900. The topological polar surface area (TPSA) is 50.2 Å². The Bertz CT molecular complexity index is 359. The van der Waals surface area contributed by atoms with Gasteiger partial charge < -0.3 is 5.11 Å². The second-order valence-electron chi connectivity index (χ2n) is 3.91. The van der Waals surface area contributed by atoms with Gasteiger partial charge in [-0.15, -0.1) is 11.3 Å². The largest absolute Gasteiger partial charge is 0.481 e. The number of aromatic nitrogens is 1. The van der Waals surface area contributed by atoms with E-state index in [0.29, 0.717) is 11.7 Å². The van der Waals surface area contributed by atoms with Crippen molar-refractivity contribution in [2.75, 3.05) is 5.75 Å². The summed E-state index contributed by atoms with van der Waals surface area (Å²) in [5.74, 6) is 0.497. The lowest BCUT2D eigenvalue weighted by Crippen LogP contribution is -2.01. The average molecular weight is 257 g/mol. The van der Waals surface area contributed by atoms with Crippen LogP contribution in [0.5, 0.6) is 0 Å². The number of hydrogen-bond donors (Lipinski definition) is 1. The van der Waals surface area contributed by atoms with Gasteiger partial charge in [-0.05, 0) is 25.0 Å². The average Bonchev–Trinajstić information content (AvgIpc) is 2.76. The SMILES string of the molecule is O=C(O)CCc1cnc(C2CCCCS2)s1. The maximum atomic E-state index is 10.5. The predicted molar refractivity (Wildman–Crippen MR) is 67.1 cm³/mol. The molecule has 16 heavy (non-hydrogen) atoms. The van der Waals surface area contributed by atoms with E-state index in [-0.39, 0.29) is 6.42 Å². The lowest BCUT2D eigenvalue weighted by molar-refractivity contribution is -0.136. The fourth-order valence-corrected chi connectivity index (χ4v) is 4.23. The smallest absolute Gasteiger partial charge is 0.303 e. The van der Waals surface area contributed by atoms with Crippen LogP contribution in [0.1, 0.15) is 40.8 Å². The van der Waals surface area contributed by atoms with Crippen molar-refractivity contribution in [2.45, 2.75) is 37.4 Å². The molecule has 1 atom stereocenters. The molecule has 0 saturated carbocycles. The van der Waals surface area contributed by atoms with Crippen molar-refractivity contribution in [3.05, 3.63) is 16.1 Å². The van der Waals surface area contributed by atoms with E-state index in [1.807, 2.05) is 18.0 Å². The number of nitrogens with zero attached hydrogens (tertiary/aromatic N) is 1. The van der Waals surface area contributed by atoms with Crippen molar-refractivity contribution < 1.29 is 9.90 Å². The Morgan fingerprint density at radius 1 is 1.56 bits per heavy atom. The molecule has 88 valence electrons. The Balaban J connectivity index is 1.93. The van der Waals surface area contributed by atoms with Gasteiger partial charge in [-0.3, -0.25) is 4.79 Å². The zero-order chi connectivity index (χ0) is 11.4. The van der Waals surface area contributed by atoms with Crippen LogP contribution in [-0.4, -0.2) is 21.8 Å². The van der Waals surface area contributed by atoms with Crippen molar-refractivity contribution >= 4 is 29.1 Å². The fourth-order valence-electron chi connectivity index (χ4n) is 1.75. The third-order valence-electron chi connectivity index (χ3n) is 2.61. The monoisotopic (exact) mass is 257 g/mol. The van der Waals surface area contributed by atoms with Gasteiger partial charge in [0.05, 0.1) is 11.7 Å². The van der Waals surface area contributed by atoms with Gasteiger partial charge >= 0.3 is 5.97 Å². The molecule has 0 spiro atoms. The van der Waals surface area contributed by atoms with Gasteiger partial charge in [0, 0.05) is 11.1 Å². The summed E-state index contributed by atoms with van der Waals surface area (Å²) in [4.78, 5) is 16.0. The molecule has 0 aromatic carbocycles. The summed E-state index contributed by atoms with van der Waals surface area (Å²) in [7, 11) is 0. The number of carboxylic acid groups (broad SMARTS) is 1. The van der Waals surface area contributed by atoms with Crippen molar-refractivity contribution in [1.82, 2.24) is 4.98 Å². The summed E-state index contributed by atoms with van der Waals surface area (Å²) < 4.78 is 0. The predicted octanol–water partition coefficient (Wildman–Crippen LogP) is 3.12. The normalized spacial score (nSPS) is 20.9. The first kappa shape index (κ1) is 11.9. The first-order chi connectivity index (χ1) is 7.75. The molecule has 1 unspecified atom stereocenters. The second-order valence-corrected chi connectivity index (χ2v) is 6.37. The van der Waals surface area contributed by atoms with Crippen LogP contribution < -0.4 is 0 Å². The Hall–Kier alpha value is -0.550. The van der Waals surface area contributed by atoms with Crippen LogP contribution >= 0.6 is 23.1 Å². The maximum Gasteiger partial charge on any atom is 0.303 e. The highest BCUT2D eigenvalue weighted by Crippen LogP contribution is 2.39. The minimum absolute atomic E-state index is 0.208. The molecule has 2 rings (SSSR count). The summed E-state index contributed by atoms with van der Waals surface area (Å²) in [6.07, 6.45) is 6.50. The zero-order valence-corrected chi connectivity index (χ0v) is 10.6. The van der Waals surface area contributed by atoms with E-state index in [9.17, 15) is 4.79 Å². The van der Waals surface area contributed by atoms with E-state index in [1.54, 1.807) is 11.3 Å². The van der Waals surface area contributed by atoms with Gasteiger partial charge in [-0.2, -0.15) is 11.8 Å². The minimum Gasteiger partial charge on any atom is -0.481 e. The number of rotatable bonds is 4. The highest BCUT2D eigenvalue weighted by molar-refractivity contribution is 7.99. The summed E-state index contributed by atoms with van der Waals surface area (Å²) in [5.41, 5.74) is 0. The molecule has 0 radical (unpaired) electrons. The van der Waals surface area contributed by atoms with Gasteiger partial charge in [-0.25, -0.2) is 4.98 Å². The molecule has 1 aliphatic heterocycles. The van der Waals surface area contributed by atoms with Crippen molar-refractivity contribution in [1.29, 1.82) is 0 Å². The number of thioether (sulfide) groups is 1. The van der Waals surface area contributed by atoms with Crippen LogP contribution in [0.4, 0.5) is 0 Å². The molecule has 1 fully saturated rings. The molecule has 1 aromatic rings. The fraction of sp³-hybridized carbons (Fsp3) is 0.636. The summed E-state index contributed by atoms with van der Waals surface area (Å²) in [5, 5.41) is 10.3. The molecular formula is C11H15NO2S2. The van der Waals surface area contributed by atoms with E-state index in [4.69, 9.17) is 5.11 Å². The molecule has 1 N–H and O–H groups in total. The summed E-state index contributed by atoms with van der Waals surface area (Å²) >= 11 is 3.67. The first-order valence-electron chi connectivity index (χ1n) is 5.53. The molecule has 0 amide bonds. The molecule has 0 aliphatic carbocycles. The Labute approximate surface area is 103 Å². The molecule has 1 aromatic heterocycles. The zero-order valence-electron chi connectivity index (χ0n) is 9.02. The van der Waals surface area contributed by atoms with E-state index in [2.05, 4.69) is 4.98 Å². The van der Waals surface area contributed by atoms with E-state index < -0.39 is 5.97 Å². The lowest BCUT2D eigenvalue weighted by Gasteiger charge is -2.18. The second kappa shape index (κ2) is 5.68. The Kier molecular flexibility index (Phi) is 4.23. The molecule has 0 bridgehead atoms. The van der Waals surface area contributed by atoms with E-state index in [0.717, 1.165) is 4.88 Å². The van der Waals surface area contributed by atoms with Gasteiger partial charge in [0.15, 0.2) is 0 Å². The summed E-state index contributed by atoms with van der Waals surface area (Å²) in [6.45, 7) is 0. The van der Waals surface area contributed by atoms with Gasteiger partial charge in [0.25, 0.3) is 0 Å². The van der Waals surface area contributed by atoms with Crippen LogP contribution in [0.25, 0.3) is 0 Å². The molecule has 2 heterocycles. The minimum atomic E-state index is -0.734.